The fourth-order valence-corrected chi connectivity index (χ4v) is 3.89. The Balaban J connectivity index is 1.61. The van der Waals surface area contributed by atoms with E-state index in [1.807, 2.05) is 0 Å². The largest absolute Gasteiger partial charge is 0.496 e. The van der Waals surface area contributed by atoms with Gasteiger partial charge in [0.2, 0.25) is 5.88 Å². The van der Waals surface area contributed by atoms with Gasteiger partial charge in [0, 0.05) is 23.4 Å². The molecule has 2 aromatic rings. The Morgan fingerprint density at radius 3 is 2.85 bits per heavy atom. The first-order valence-electron chi connectivity index (χ1n) is 8.27. The number of hydrogen-bond acceptors (Lipinski definition) is 5. The molecule has 0 bridgehead atoms. The van der Waals surface area contributed by atoms with Gasteiger partial charge in [-0.05, 0) is 23.6 Å². The van der Waals surface area contributed by atoms with Crippen molar-refractivity contribution in [1.29, 1.82) is 0 Å². The van der Waals surface area contributed by atoms with Gasteiger partial charge in [0.1, 0.15) is 12.4 Å². The third-order valence-corrected chi connectivity index (χ3v) is 5.39. The highest BCUT2D eigenvalue weighted by atomic mass is 19.1. The number of halogens is 1. The number of rotatable bonds is 5. The molecule has 1 aromatic carbocycles. The molecule has 7 nitrogen and oxygen atoms in total. The van der Waals surface area contributed by atoms with Crippen LogP contribution in [0.15, 0.2) is 24.4 Å². The zero-order valence-electron chi connectivity index (χ0n) is 14.3. The van der Waals surface area contributed by atoms with E-state index in [2.05, 4.69) is 10.3 Å². The van der Waals surface area contributed by atoms with E-state index in [0.29, 0.717) is 22.4 Å². The Kier molecular flexibility index (Phi) is 3.54. The molecule has 1 unspecified atom stereocenters. The minimum Gasteiger partial charge on any atom is -0.496 e. The molecule has 1 aliphatic carbocycles. The van der Waals surface area contributed by atoms with Crippen LogP contribution in [-0.2, 0) is 4.79 Å². The van der Waals surface area contributed by atoms with Gasteiger partial charge in [0.05, 0.1) is 18.7 Å². The van der Waals surface area contributed by atoms with Gasteiger partial charge >= 0.3 is 0 Å². The fourth-order valence-electron chi connectivity index (χ4n) is 3.89. The van der Waals surface area contributed by atoms with E-state index in [1.165, 1.54) is 7.11 Å². The summed E-state index contributed by atoms with van der Waals surface area (Å²) < 4.78 is 25.4. The number of fused-ring (bicyclic) bond motifs is 2. The zero-order chi connectivity index (χ0) is 18.6. The standard InChI is InChI=1S/C18H18FN3O4/c1-8-14-12(22-17(24)18(8,14)19)7-26-16-10-6-13(25-2)11(15(20)23)5-9(10)3-4-21-16/h3-6,8,12,14H,7H2,1-2H3,(H2,20,23)(H,22,24)/t8-,12-,14-,18?/m1/s1. The van der Waals surface area contributed by atoms with Crippen LogP contribution in [0.2, 0.25) is 0 Å². The van der Waals surface area contributed by atoms with Crippen LogP contribution in [0.3, 0.4) is 0 Å². The number of methoxy groups -OCH3 is 1. The van der Waals surface area contributed by atoms with Crippen molar-refractivity contribution in [1.82, 2.24) is 10.3 Å². The number of nitrogens with two attached hydrogens (primary N) is 1. The molecular weight excluding hydrogens is 341 g/mol. The lowest BCUT2D eigenvalue weighted by Crippen LogP contribution is -2.38. The molecule has 2 fully saturated rings. The fraction of sp³-hybridized carbons (Fsp3) is 0.389. The summed E-state index contributed by atoms with van der Waals surface area (Å²) in [6, 6.07) is 4.56. The van der Waals surface area contributed by atoms with Gasteiger partial charge in [-0.25, -0.2) is 9.37 Å². The van der Waals surface area contributed by atoms with Crippen molar-refractivity contribution in [3.8, 4) is 11.6 Å². The number of hydrogen-bond donors (Lipinski definition) is 2. The van der Waals surface area contributed by atoms with Crippen molar-refractivity contribution >= 4 is 22.6 Å². The second-order valence-electron chi connectivity index (χ2n) is 6.73. The van der Waals surface area contributed by atoms with E-state index < -0.39 is 23.5 Å². The summed E-state index contributed by atoms with van der Waals surface area (Å²) in [6.45, 7) is 1.83. The third-order valence-electron chi connectivity index (χ3n) is 5.39. The van der Waals surface area contributed by atoms with Crippen LogP contribution in [0.1, 0.15) is 17.3 Å². The lowest BCUT2D eigenvalue weighted by molar-refractivity contribution is -0.126. The Bertz CT molecular complexity index is 934. The highest BCUT2D eigenvalue weighted by Crippen LogP contribution is 2.59. The van der Waals surface area contributed by atoms with E-state index in [4.69, 9.17) is 15.2 Å². The second-order valence-corrected chi connectivity index (χ2v) is 6.73. The molecule has 4 atom stereocenters. The Morgan fingerprint density at radius 1 is 1.46 bits per heavy atom. The number of carbonyl (C=O) groups is 2. The number of ether oxygens (including phenoxy) is 2. The van der Waals surface area contributed by atoms with Crippen LogP contribution in [0.25, 0.3) is 10.8 Å². The number of carbonyl (C=O) groups excluding carboxylic acids is 2. The maximum Gasteiger partial charge on any atom is 0.258 e. The van der Waals surface area contributed by atoms with E-state index in [-0.39, 0.29) is 24.0 Å². The maximum absolute atomic E-state index is 14.4. The SMILES string of the molecule is COc1cc2c(OC[C@H]3NC(=O)C4(F)[C@@H]3[C@H]4C)nccc2cc1C(N)=O. The first-order chi connectivity index (χ1) is 12.4. The van der Waals surface area contributed by atoms with Crippen molar-refractivity contribution in [2.24, 2.45) is 17.6 Å². The maximum atomic E-state index is 14.4. The molecule has 4 rings (SSSR count). The predicted octanol–water partition coefficient (Wildman–Crippen LogP) is 1.19. The predicted molar refractivity (Wildman–Crippen MR) is 90.7 cm³/mol. The van der Waals surface area contributed by atoms with Gasteiger partial charge < -0.3 is 20.5 Å². The molecule has 2 amide bonds. The highest BCUT2D eigenvalue weighted by molar-refractivity contribution is 6.01. The van der Waals surface area contributed by atoms with Crippen LogP contribution >= 0.6 is 0 Å². The van der Waals surface area contributed by atoms with Crippen molar-refractivity contribution in [2.75, 3.05) is 13.7 Å². The number of pyridine rings is 1. The number of aromatic nitrogens is 1. The summed E-state index contributed by atoms with van der Waals surface area (Å²) in [5.74, 6) is -1.21. The highest BCUT2D eigenvalue weighted by Gasteiger charge is 2.75. The van der Waals surface area contributed by atoms with Gasteiger partial charge in [-0.3, -0.25) is 9.59 Å². The summed E-state index contributed by atoms with van der Waals surface area (Å²) in [5, 5.41) is 3.98. The van der Waals surface area contributed by atoms with Crippen molar-refractivity contribution in [3.05, 3.63) is 30.0 Å². The van der Waals surface area contributed by atoms with Crippen LogP contribution in [0, 0.1) is 11.8 Å². The van der Waals surface area contributed by atoms with Crippen LogP contribution < -0.4 is 20.5 Å². The van der Waals surface area contributed by atoms with Crippen LogP contribution in [0.4, 0.5) is 4.39 Å². The number of nitrogens with zero attached hydrogens (tertiary/aromatic N) is 1. The molecule has 26 heavy (non-hydrogen) atoms. The molecule has 2 heterocycles. The van der Waals surface area contributed by atoms with E-state index in [9.17, 15) is 14.0 Å². The molecule has 0 spiro atoms. The normalized spacial score (nSPS) is 29.2. The van der Waals surface area contributed by atoms with Crippen molar-refractivity contribution < 1.29 is 23.5 Å². The molecule has 1 aliphatic heterocycles. The van der Waals surface area contributed by atoms with E-state index >= 15 is 0 Å². The van der Waals surface area contributed by atoms with Crippen molar-refractivity contribution in [2.45, 2.75) is 18.6 Å². The lowest BCUT2D eigenvalue weighted by Gasteiger charge is -2.16. The zero-order valence-corrected chi connectivity index (χ0v) is 14.3. The smallest absolute Gasteiger partial charge is 0.258 e. The molecule has 136 valence electrons. The second kappa shape index (κ2) is 5.55. The number of nitrogens with one attached hydrogen (secondary N) is 1. The minimum absolute atomic E-state index is 0.110. The lowest BCUT2D eigenvalue weighted by atomic mass is 10.1. The van der Waals surface area contributed by atoms with Gasteiger partial charge in [0.25, 0.3) is 11.8 Å². The summed E-state index contributed by atoms with van der Waals surface area (Å²) in [5.41, 5.74) is 3.87. The Hall–Kier alpha value is -2.90. The van der Waals surface area contributed by atoms with Gasteiger partial charge in [0.15, 0.2) is 5.67 Å². The molecular formula is C18H18FN3O4. The Morgan fingerprint density at radius 2 is 2.23 bits per heavy atom. The van der Waals surface area contributed by atoms with E-state index in [0.717, 1.165) is 0 Å². The molecule has 8 heteroatoms. The monoisotopic (exact) mass is 359 g/mol. The van der Waals surface area contributed by atoms with Crippen molar-refractivity contribution in [3.63, 3.8) is 0 Å². The number of piperidine rings is 1. The third kappa shape index (κ3) is 2.21. The number of benzene rings is 1. The quantitative estimate of drug-likeness (QED) is 0.835. The first kappa shape index (κ1) is 16.6. The average Bonchev–Trinajstić information content (AvgIpc) is 3.07. The van der Waals surface area contributed by atoms with Crippen LogP contribution in [-0.4, -0.2) is 42.2 Å². The molecule has 2 aliphatic rings. The van der Waals surface area contributed by atoms with Gasteiger partial charge in [-0.1, -0.05) is 6.92 Å². The molecule has 1 aromatic heterocycles. The van der Waals surface area contributed by atoms with Gasteiger partial charge in [-0.15, -0.1) is 0 Å². The minimum atomic E-state index is -1.76. The first-order valence-corrected chi connectivity index (χ1v) is 8.27. The topological polar surface area (TPSA) is 104 Å². The summed E-state index contributed by atoms with van der Waals surface area (Å²) in [4.78, 5) is 27.5. The average molecular weight is 359 g/mol. The molecule has 0 radical (unpaired) electrons. The van der Waals surface area contributed by atoms with E-state index in [1.54, 1.807) is 31.3 Å². The number of alkyl halides is 1. The number of amides is 2. The number of primary amides is 1. The summed E-state index contributed by atoms with van der Waals surface area (Å²) in [6.07, 6.45) is 1.54. The molecule has 1 saturated carbocycles. The molecule has 1 saturated heterocycles. The van der Waals surface area contributed by atoms with Crippen LogP contribution in [0.5, 0.6) is 11.6 Å². The van der Waals surface area contributed by atoms with Gasteiger partial charge in [-0.2, -0.15) is 0 Å². The Labute approximate surface area is 148 Å². The molecule has 3 N–H and O–H groups in total. The summed E-state index contributed by atoms with van der Waals surface area (Å²) >= 11 is 0. The summed E-state index contributed by atoms with van der Waals surface area (Å²) in [7, 11) is 1.44.